The van der Waals surface area contributed by atoms with E-state index in [9.17, 15) is 0 Å². The van der Waals surface area contributed by atoms with Crippen molar-refractivity contribution >= 4 is 64.1 Å². The number of imidazole rings is 1. The normalized spacial score (nSPS) is 12.4. The third-order valence-corrected chi connectivity index (χ3v) is 10.5. The van der Waals surface area contributed by atoms with Crippen LogP contribution in [0.25, 0.3) is 80.7 Å². The first kappa shape index (κ1) is 24.9. The highest BCUT2D eigenvalue weighted by Crippen LogP contribution is 2.50. The number of aryl methyl sites for hydroxylation is 1. The van der Waals surface area contributed by atoms with Crippen LogP contribution in [-0.4, -0.2) is 9.55 Å². The van der Waals surface area contributed by atoms with Gasteiger partial charge >= 0.3 is 0 Å². The van der Waals surface area contributed by atoms with Crippen LogP contribution in [0.1, 0.15) is 12.7 Å². The molecule has 9 aromatic rings. The molecule has 2 aromatic heterocycles. The summed E-state index contributed by atoms with van der Waals surface area (Å²) >= 11 is 1.87. The average Bonchev–Trinajstić information content (AvgIpc) is 3.66. The number of hydrogen-bond acceptors (Lipinski definition) is 3. The van der Waals surface area contributed by atoms with Crippen molar-refractivity contribution < 1.29 is 4.74 Å². The van der Waals surface area contributed by atoms with Gasteiger partial charge in [0, 0.05) is 32.2 Å². The van der Waals surface area contributed by atoms with Crippen LogP contribution >= 0.6 is 11.3 Å². The van der Waals surface area contributed by atoms with Gasteiger partial charge in [-0.05, 0) is 68.6 Å². The molecule has 3 heterocycles. The second-order valence-corrected chi connectivity index (χ2v) is 12.8. The number of benzene rings is 7. The number of nitrogens with zero attached hydrogens (tertiary/aromatic N) is 2. The van der Waals surface area contributed by atoms with E-state index in [-0.39, 0.29) is 0 Å². The van der Waals surface area contributed by atoms with Crippen LogP contribution in [0.2, 0.25) is 0 Å². The summed E-state index contributed by atoms with van der Waals surface area (Å²) in [5.74, 6) is 2.75. The molecule has 0 spiro atoms. The van der Waals surface area contributed by atoms with Crippen molar-refractivity contribution in [2.45, 2.75) is 13.3 Å². The zero-order valence-electron chi connectivity index (χ0n) is 24.5. The predicted octanol–water partition coefficient (Wildman–Crippen LogP) is 11.7. The standard InChI is InChI=1S/C41H26N2OS/c1-2-37-42-32-17-10-19-34-41(32)43(37)40-31(16-9-18-33(40)44-34)39-29-14-5-3-12-27(29)38(28-13-4-6-15-30(28)39)24-21-22-26-25-11-7-8-20-35(25)45-36(26)23-24/h3-23H,2H2,1H3. The number of thiophene rings is 1. The Hall–Kier alpha value is -5.45. The summed E-state index contributed by atoms with van der Waals surface area (Å²) in [6.07, 6.45) is 0.822. The first-order chi connectivity index (χ1) is 22.3. The van der Waals surface area contributed by atoms with Crippen LogP contribution in [-0.2, 0) is 6.42 Å². The Labute approximate surface area is 263 Å². The smallest absolute Gasteiger partial charge is 0.153 e. The Morgan fingerprint density at radius 1 is 0.600 bits per heavy atom. The Morgan fingerprint density at radius 2 is 1.24 bits per heavy atom. The van der Waals surface area contributed by atoms with Gasteiger partial charge in [-0.2, -0.15) is 0 Å². The maximum absolute atomic E-state index is 6.59. The van der Waals surface area contributed by atoms with Crippen LogP contribution in [0.3, 0.4) is 0 Å². The number of para-hydroxylation sites is 2. The minimum Gasteiger partial charge on any atom is -0.453 e. The first-order valence-corrected chi connectivity index (χ1v) is 16.3. The summed E-state index contributed by atoms with van der Waals surface area (Å²) < 4.78 is 11.6. The van der Waals surface area contributed by atoms with Gasteiger partial charge < -0.3 is 4.74 Å². The van der Waals surface area contributed by atoms with Gasteiger partial charge in [0.1, 0.15) is 11.3 Å². The summed E-state index contributed by atoms with van der Waals surface area (Å²) in [5.41, 5.74) is 7.94. The molecule has 0 saturated heterocycles. The molecule has 0 amide bonds. The largest absolute Gasteiger partial charge is 0.453 e. The minimum atomic E-state index is 0.822. The molecule has 1 aliphatic heterocycles. The van der Waals surface area contributed by atoms with Crippen molar-refractivity contribution in [2.24, 2.45) is 0 Å². The number of aromatic nitrogens is 2. The lowest BCUT2D eigenvalue weighted by Crippen LogP contribution is -2.09. The maximum Gasteiger partial charge on any atom is 0.153 e. The molecule has 0 saturated carbocycles. The maximum atomic E-state index is 6.59. The molecule has 0 fully saturated rings. The summed E-state index contributed by atoms with van der Waals surface area (Å²) in [6, 6.07) is 46.1. The second-order valence-electron chi connectivity index (χ2n) is 11.7. The Bertz CT molecular complexity index is 2620. The Morgan fingerprint density at radius 3 is 2.00 bits per heavy atom. The van der Waals surface area contributed by atoms with E-state index in [2.05, 4.69) is 127 Å². The van der Waals surface area contributed by atoms with E-state index in [1.54, 1.807) is 0 Å². The quantitative estimate of drug-likeness (QED) is 0.190. The van der Waals surface area contributed by atoms with Gasteiger partial charge in [-0.1, -0.05) is 104 Å². The zero-order valence-corrected chi connectivity index (χ0v) is 25.4. The number of hydrogen-bond donors (Lipinski definition) is 0. The van der Waals surface area contributed by atoms with E-state index in [0.717, 1.165) is 46.0 Å². The third-order valence-electron chi connectivity index (χ3n) is 9.34. The highest BCUT2D eigenvalue weighted by molar-refractivity contribution is 7.25. The molecule has 45 heavy (non-hydrogen) atoms. The molecule has 0 bridgehead atoms. The fourth-order valence-electron chi connectivity index (χ4n) is 7.47. The summed E-state index contributed by atoms with van der Waals surface area (Å²) in [5, 5.41) is 7.58. The number of ether oxygens (including phenoxy) is 1. The van der Waals surface area contributed by atoms with Crippen LogP contribution < -0.4 is 4.74 Å². The fraction of sp³-hybridized carbons (Fsp3) is 0.0488. The molecule has 0 N–H and O–H groups in total. The molecule has 7 aromatic carbocycles. The molecule has 3 nitrogen and oxygen atoms in total. The predicted molar refractivity (Wildman–Crippen MR) is 189 cm³/mol. The molecule has 4 heteroatoms. The van der Waals surface area contributed by atoms with Gasteiger partial charge in [0.2, 0.25) is 0 Å². The van der Waals surface area contributed by atoms with Gasteiger partial charge in [-0.15, -0.1) is 11.3 Å². The summed E-state index contributed by atoms with van der Waals surface area (Å²) in [6.45, 7) is 2.18. The molecular weight excluding hydrogens is 569 g/mol. The van der Waals surface area contributed by atoms with Crippen molar-refractivity contribution in [1.29, 1.82) is 0 Å². The number of fused-ring (bicyclic) bond motifs is 7. The van der Waals surface area contributed by atoms with E-state index < -0.39 is 0 Å². The van der Waals surface area contributed by atoms with Gasteiger partial charge in [0.25, 0.3) is 0 Å². The topological polar surface area (TPSA) is 27.1 Å². The van der Waals surface area contributed by atoms with Crippen LogP contribution in [0.5, 0.6) is 11.5 Å². The highest BCUT2D eigenvalue weighted by Gasteiger charge is 2.28. The highest BCUT2D eigenvalue weighted by atomic mass is 32.1. The van der Waals surface area contributed by atoms with Crippen molar-refractivity contribution in [3.05, 3.63) is 133 Å². The lowest BCUT2D eigenvalue weighted by molar-refractivity contribution is 0.474. The van der Waals surface area contributed by atoms with Crippen LogP contribution in [0.15, 0.2) is 127 Å². The van der Waals surface area contributed by atoms with E-state index in [1.165, 1.54) is 58.4 Å². The molecule has 212 valence electrons. The first-order valence-electron chi connectivity index (χ1n) is 15.5. The van der Waals surface area contributed by atoms with Crippen molar-refractivity contribution in [1.82, 2.24) is 9.55 Å². The molecule has 10 rings (SSSR count). The molecule has 0 atom stereocenters. The number of rotatable bonds is 3. The molecular formula is C41H26N2OS. The average molecular weight is 595 g/mol. The van der Waals surface area contributed by atoms with Crippen molar-refractivity contribution in [3.63, 3.8) is 0 Å². The van der Waals surface area contributed by atoms with Gasteiger partial charge in [-0.3, -0.25) is 4.57 Å². The third kappa shape index (κ3) is 3.43. The molecule has 1 aliphatic rings. The Kier molecular flexibility index (Phi) is 5.14. The minimum absolute atomic E-state index is 0.822. The SMILES string of the molecule is CCc1nc2cccc3c2n1-c1c(cccc1-c1c2ccccc2c(-c2ccc4c(c2)sc2ccccc24)c2ccccc12)O3. The zero-order chi connectivity index (χ0) is 29.6. The van der Waals surface area contributed by atoms with E-state index in [0.29, 0.717) is 0 Å². The Balaban J connectivity index is 1.31. The molecule has 0 aliphatic carbocycles. The van der Waals surface area contributed by atoms with Crippen LogP contribution in [0.4, 0.5) is 0 Å². The lowest BCUT2D eigenvalue weighted by Gasteiger charge is -2.25. The van der Waals surface area contributed by atoms with Crippen molar-refractivity contribution in [2.75, 3.05) is 0 Å². The fourth-order valence-corrected chi connectivity index (χ4v) is 8.62. The molecule has 0 unspecified atom stereocenters. The van der Waals surface area contributed by atoms with Gasteiger partial charge in [0.05, 0.1) is 11.2 Å². The lowest BCUT2D eigenvalue weighted by atomic mass is 9.85. The monoisotopic (exact) mass is 594 g/mol. The van der Waals surface area contributed by atoms with Crippen molar-refractivity contribution in [3.8, 4) is 39.4 Å². The summed E-state index contributed by atoms with van der Waals surface area (Å²) in [4.78, 5) is 5.04. The van der Waals surface area contributed by atoms with Gasteiger partial charge in [0.15, 0.2) is 11.5 Å². The summed E-state index contributed by atoms with van der Waals surface area (Å²) in [7, 11) is 0. The van der Waals surface area contributed by atoms with Gasteiger partial charge in [-0.25, -0.2) is 4.98 Å². The second kappa shape index (κ2) is 9.28. The van der Waals surface area contributed by atoms with E-state index in [4.69, 9.17) is 9.72 Å². The van der Waals surface area contributed by atoms with E-state index >= 15 is 0 Å². The van der Waals surface area contributed by atoms with Crippen LogP contribution in [0, 0.1) is 0 Å². The molecule has 0 radical (unpaired) electrons. The van der Waals surface area contributed by atoms with E-state index in [1.807, 2.05) is 23.5 Å².